The predicted molar refractivity (Wildman–Crippen MR) is 51.4 cm³/mol. The highest BCUT2D eigenvalue weighted by Crippen LogP contribution is 2.07. The van der Waals surface area contributed by atoms with Crippen LogP contribution in [0.4, 0.5) is 0 Å². The maximum absolute atomic E-state index is 11.6. The summed E-state index contributed by atoms with van der Waals surface area (Å²) in [6.45, 7) is 1.96. The SMILES string of the molecule is CON(OC)C(=O)c1ccc(C)cc1. The van der Waals surface area contributed by atoms with Gasteiger partial charge in [0.05, 0.1) is 14.2 Å². The monoisotopic (exact) mass is 195 g/mol. The maximum Gasteiger partial charge on any atom is 0.303 e. The maximum atomic E-state index is 11.6. The summed E-state index contributed by atoms with van der Waals surface area (Å²) >= 11 is 0. The third-order valence-electron chi connectivity index (χ3n) is 1.80. The first-order valence-electron chi connectivity index (χ1n) is 4.18. The second-order valence-electron chi connectivity index (χ2n) is 2.79. The van der Waals surface area contributed by atoms with Gasteiger partial charge >= 0.3 is 5.91 Å². The third-order valence-corrected chi connectivity index (χ3v) is 1.80. The first-order valence-corrected chi connectivity index (χ1v) is 4.18. The fourth-order valence-electron chi connectivity index (χ4n) is 1.04. The molecular formula is C10H13NO3. The van der Waals surface area contributed by atoms with Crippen molar-refractivity contribution in [3.05, 3.63) is 35.4 Å². The third kappa shape index (κ3) is 2.31. The molecule has 0 bridgehead atoms. The molecule has 0 aliphatic heterocycles. The standard InChI is InChI=1S/C10H13NO3/c1-8-4-6-9(7-5-8)10(12)11(13-2)14-3/h4-7H,1-3H3. The van der Waals surface area contributed by atoms with Gasteiger partial charge in [-0.25, -0.2) is 9.68 Å². The van der Waals surface area contributed by atoms with Crippen molar-refractivity contribution in [1.29, 1.82) is 0 Å². The van der Waals surface area contributed by atoms with Gasteiger partial charge in [-0.2, -0.15) is 0 Å². The van der Waals surface area contributed by atoms with Crippen molar-refractivity contribution in [2.24, 2.45) is 0 Å². The first kappa shape index (κ1) is 10.7. The molecule has 14 heavy (non-hydrogen) atoms. The van der Waals surface area contributed by atoms with Gasteiger partial charge < -0.3 is 0 Å². The summed E-state index contributed by atoms with van der Waals surface area (Å²) in [4.78, 5) is 21.0. The molecule has 76 valence electrons. The summed E-state index contributed by atoms with van der Waals surface area (Å²) < 4.78 is 0. The number of carbonyl (C=O) groups is 1. The van der Waals surface area contributed by atoms with Crippen molar-refractivity contribution >= 4 is 5.91 Å². The minimum absolute atomic E-state index is 0.324. The van der Waals surface area contributed by atoms with Gasteiger partial charge in [0.25, 0.3) is 0 Å². The summed E-state index contributed by atoms with van der Waals surface area (Å²) in [5.74, 6) is -0.324. The number of nitrogens with zero attached hydrogens (tertiary/aromatic N) is 1. The molecule has 0 unspecified atom stereocenters. The van der Waals surface area contributed by atoms with Crippen molar-refractivity contribution in [2.45, 2.75) is 6.92 Å². The van der Waals surface area contributed by atoms with E-state index < -0.39 is 0 Å². The van der Waals surface area contributed by atoms with E-state index in [4.69, 9.17) is 9.68 Å². The van der Waals surface area contributed by atoms with Gasteiger partial charge in [-0.1, -0.05) is 22.9 Å². The lowest BCUT2D eigenvalue weighted by Crippen LogP contribution is -2.28. The van der Waals surface area contributed by atoms with Gasteiger partial charge in [-0.3, -0.25) is 4.79 Å². The fourth-order valence-corrected chi connectivity index (χ4v) is 1.04. The van der Waals surface area contributed by atoms with Gasteiger partial charge in [0.1, 0.15) is 0 Å². The Morgan fingerprint density at radius 3 is 2.07 bits per heavy atom. The van der Waals surface area contributed by atoms with E-state index in [-0.39, 0.29) is 5.91 Å². The van der Waals surface area contributed by atoms with Crippen LogP contribution in [-0.2, 0) is 9.68 Å². The molecule has 1 aromatic rings. The van der Waals surface area contributed by atoms with Gasteiger partial charge in [0.15, 0.2) is 0 Å². The van der Waals surface area contributed by atoms with E-state index in [1.165, 1.54) is 14.2 Å². The quantitative estimate of drug-likeness (QED) is 0.687. The number of rotatable bonds is 3. The lowest BCUT2D eigenvalue weighted by Gasteiger charge is -2.15. The van der Waals surface area contributed by atoms with Crippen LogP contribution in [-0.4, -0.2) is 25.4 Å². The highest BCUT2D eigenvalue weighted by atomic mass is 16.9. The molecule has 1 rings (SSSR count). The number of aryl methyl sites for hydroxylation is 1. The molecule has 1 aromatic carbocycles. The van der Waals surface area contributed by atoms with Crippen molar-refractivity contribution in [1.82, 2.24) is 5.23 Å². The van der Waals surface area contributed by atoms with Gasteiger partial charge in [0, 0.05) is 5.56 Å². The Bertz CT molecular complexity index is 304. The molecule has 0 atom stereocenters. The molecule has 0 aliphatic carbocycles. The second kappa shape index (κ2) is 4.74. The second-order valence-corrected chi connectivity index (χ2v) is 2.79. The largest absolute Gasteiger partial charge is 0.303 e. The number of benzene rings is 1. The van der Waals surface area contributed by atoms with E-state index in [1.807, 2.05) is 19.1 Å². The Balaban J connectivity index is 2.83. The van der Waals surface area contributed by atoms with Crippen LogP contribution in [0.25, 0.3) is 0 Å². The molecule has 0 heterocycles. The predicted octanol–water partition coefficient (Wildman–Crippen LogP) is 1.56. The van der Waals surface area contributed by atoms with Crippen molar-refractivity contribution in [3.63, 3.8) is 0 Å². The van der Waals surface area contributed by atoms with E-state index in [9.17, 15) is 4.79 Å². The number of hydrogen-bond acceptors (Lipinski definition) is 3. The Morgan fingerprint density at radius 1 is 1.14 bits per heavy atom. The van der Waals surface area contributed by atoms with E-state index in [0.717, 1.165) is 10.8 Å². The molecule has 0 fully saturated rings. The van der Waals surface area contributed by atoms with Crippen molar-refractivity contribution < 1.29 is 14.5 Å². The molecular weight excluding hydrogens is 182 g/mol. The highest BCUT2D eigenvalue weighted by molar-refractivity contribution is 5.92. The van der Waals surface area contributed by atoms with Crippen LogP contribution in [0.3, 0.4) is 0 Å². The van der Waals surface area contributed by atoms with Crippen LogP contribution < -0.4 is 0 Å². The van der Waals surface area contributed by atoms with Crippen LogP contribution in [0.1, 0.15) is 15.9 Å². The van der Waals surface area contributed by atoms with Crippen LogP contribution in [0, 0.1) is 6.92 Å². The molecule has 0 saturated carbocycles. The average molecular weight is 195 g/mol. The minimum Gasteiger partial charge on any atom is -0.264 e. The van der Waals surface area contributed by atoms with E-state index >= 15 is 0 Å². The molecule has 0 radical (unpaired) electrons. The molecule has 0 aliphatic rings. The van der Waals surface area contributed by atoms with E-state index in [1.54, 1.807) is 12.1 Å². The highest BCUT2D eigenvalue weighted by Gasteiger charge is 2.14. The smallest absolute Gasteiger partial charge is 0.264 e. The zero-order chi connectivity index (χ0) is 10.6. The Morgan fingerprint density at radius 2 is 1.64 bits per heavy atom. The number of hydroxylamine groups is 2. The minimum atomic E-state index is -0.324. The molecule has 0 aromatic heterocycles. The summed E-state index contributed by atoms with van der Waals surface area (Å²) in [6.07, 6.45) is 0. The van der Waals surface area contributed by atoms with Crippen molar-refractivity contribution in [3.8, 4) is 0 Å². The van der Waals surface area contributed by atoms with Crippen LogP contribution >= 0.6 is 0 Å². The summed E-state index contributed by atoms with van der Waals surface area (Å²) in [5, 5.41) is 0.824. The van der Waals surface area contributed by atoms with Crippen LogP contribution in [0.2, 0.25) is 0 Å². The summed E-state index contributed by atoms with van der Waals surface area (Å²) in [6, 6.07) is 7.17. The molecule has 0 N–H and O–H groups in total. The lowest BCUT2D eigenvalue weighted by atomic mass is 10.1. The topological polar surface area (TPSA) is 38.8 Å². The van der Waals surface area contributed by atoms with E-state index in [2.05, 4.69) is 0 Å². The van der Waals surface area contributed by atoms with Gasteiger partial charge in [-0.15, -0.1) is 0 Å². The van der Waals surface area contributed by atoms with Gasteiger partial charge in [-0.05, 0) is 19.1 Å². The number of carbonyl (C=O) groups excluding carboxylic acids is 1. The summed E-state index contributed by atoms with van der Waals surface area (Å²) in [7, 11) is 2.74. The van der Waals surface area contributed by atoms with Crippen LogP contribution in [0.15, 0.2) is 24.3 Å². The lowest BCUT2D eigenvalue weighted by molar-refractivity contribution is -0.299. The number of amides is 1. The zero-order valence-electron chi connectivity index (χ0n) is 8.48. The Hall–Kier alpha value is -1.39. The first-order chi connectivity index (χ1) is 6.69. The fraction of sp³-hybridized carbons (Fsp3) is 0.300. The zero-order valence-corrected chi connectivity index (χ0v) is 8.48. The molecule has 4 heteroatoms. The molecule has 1 amide bonds. The molecule has 0 spiro atoms. The summed E-state index contributed by atoms with van der Waals surface area (Å²) in [5.41, 5.74) is 1.63. The van der Waals surface area contributed by atoms with Crippen LogP contribution in [0.5, 0.6) is 0 Å². The van der Waals surface area contributed by atoms with Gasteiger partial charge in [0.2, 0.25) is 0 Å². The Kier molecular flexibility index (Phi) is 3.62. The normalized spacial score (nSPS) is 9.93. The Labute approximate surface area is 82.9 Å². The molecule has 0 saturated heterocycles. The van der Waals surface area contributed by atoms with Crippen molar-refractivity contribution in [2.75, 3.05) is 14.2 Å². The number of hydrogen-bond donors (Lipinski definition) is 0. The van der Waals surface area contributed by atoms with E-state index in [0.29, 0.717) is 5.56 Å². The molecule has 4 nitrogen and oxygen atoms in total. The average Bonchev–Trinajstić information content (AvgIpc) is 2.20.